The summed E-state index contributed by atoms with van der Waals surface area (Å²) in [6, 6.07) is 20.3. The fourth-order valence-corrected chi connectivity index (χ4v) is 5.71. The van der Waals surface area contributed by atoms with Gasteiger partial charge in [0.2, 0.25) is 0 Å². The van der Waals surface area contributed by atoms with Gasteiger partial charge in [-0.25, -0.2) is 4.79 Å². The van der Waals surface area contributed by atoms with Crippen LogP contribution in [0.3, 0.4) is 0 Å². The molecule has 2 aliphatic heterocycles. The SMILES string of the molecule is CC#CCN1C(=O)N[C@@](CCc2ccccc2)(C2CCN(Cc3cccc4ncccc34)CC2)C1=O. The van der Waals surface area contributed by atoms with Crippen molar-refractivity contribution in [2.45, 2.75) is 44.7 Å². The third-order valence-electron chi connectivity index (χ3n) is 7.68. The molecule has 2 fully saturated rings. The van der Waals surface area contributed by atoms with Gasteiger partial charge < -0.3 is 5.32 Å². The highest BCUT2D eigenvalue weighted by atomic mass is 16.2. The smallest absolute Gasteiger partial charge is 0.323 e. The number of nitrogens with one attached hydrogen (secondary N) is 1. The summed E-state index contributed by atoms with van der Waals surface area (Å²) in [5.41, 5.74) is 2.58. The summed E-state index contributed by atoms with van der Waals surface area (Å²) in [4.78, 5) is 34.9. The van der Waals surface area contributed by atoms with Crippen molar-refractivity contribution in [2.24, 2.45) is 5.92 Å². The molecule has 0 aliphatic carbocycles. The van der Waals surface area contributed by atoms with Gasteiger partial charge in [-0.3, -0.25) is 19.6 Å². The Hall–Kier alpha value is -3.69. The van der Waals surface area contributed by atoms with E-state index in [1.54, 1.807) is 6.92 Å². The first-order chi connectivity index (χ1) is 17.6. The van der Waals surface area contributed by atoms with Crippen LogP contribution < -0.4 is 5.32 Å². The van der Waals surface area contributed by atoms with Crippen molar-refractivity contribution >= 4 is 22.8 Å². The first-order valence-corrected chi connectivity index (χ1v) is 12.7. The van der Waals surface area contributed by atoms with Gasteiger partial charge in [-0.2, -0.15) is 0 Å². The third kappa shape index (κ3) is 4.72. The van der Waals surface area contributed by atoms with Crippen molar-refractivity contribution in [3.8, 4) is 11.8 Å². The third-order valence-corrected chi connectivity index (χ3v) is 7.68. The van der Waals surface area contributed by atoms with Crippen molar-refractivity contribution in [2.75, 3.05) is 19.6 Å². The standard InChI is InChI=1S/C30H32N4O2/c1-2-3-19-34-28(35)30(32-29(34)36,17-14-23-9-5-4-6-10-23)25-15-20-33(21-16-25)22-24-11-7-13-27-26(24)12-8-18-31-27/h4-13,18,25H,14-17,19-22H2,1H3,(H,32,36)/t30-/m0/s1. The number of aromatic nitrogens is 1. The fraction of sp³-hybridized carbons (Fsp3) is 0.367. The van der Waals surface area contributed by atoms with Crippen LogP contribution in [0.4, 0.5) is 4.79 Å². The lowest BCUT2D eigenvalue weighted by molar-refractivity contribution is -0.134. The molecule has 1 atom stereocenters. The normalized spacial score (nSPS) is 20.9. The molecule has 1 N–H and O–H groups in total. The number of amides is 3. The number of fused-ring (bicyclic) bond motifs is 1. The Morgan fingerprint density at radius 3 is 2.61 bits per heavy atom. The van der Waals surface area contributed by atoms with Gasteiger partial charge in [-0.1, -0.05) is 54.5 Å². The molecule has 184 valence electrons. The van der Waals surface area contributed by atoms with Crippen molar-refractivity contribution in [3.63, 3.8) is 0 Å². The molecule has 6 nitrogen and oxygen atoms in total. The highest BCUT2D eigenvalue weighted by Crippen LogP contribution is 2.37. The monoisotopic (exact) mass is 480 g/mol. The number of aryl methyl sites for hydroxylation is 1. The largest absolute Gasteiger partial charge is 0.325 e. The minimum absolute atomic E-state index is 0.0858. The van der Waals surface area contributed by atoms with Gasteiger partial charge >= 0.3 is 6.03 Å². The highest BCUT2D eigenvalue weighted by molar-refractivity contribution is 6.07. The van der Waals surface area contributed by atoms with Gasteiger partial charge in [0.05, 0.1) is 12.1 Å². The van der Waals surface area contributed by atoms with Crippen molar-refractivity contribution in [3.05, 3.63) is 78.0 Å². The molecule has 2 saturated heterocycles. The summed E-state index contributed by atoms with van der Waals surface area (Å²) in [5, 5.41) is 4.34. The van der Waals surface area contributed by atoms with Crippen LogP contribution in [0.15, 0.2) is 66.9 Å². The number of hydrogen-bond donors (Lipinski definition) is 1. The Bertz CT molecular complexity index is 1300. The number of likely N-dealkylation sites (tertiary alicyclic amines) is 1. The Labute approximate surface area is 212 Å². The molecule has 2 aliphatic rings. The van der Waals surface area contributed by atoms with E-state index in [1.807, 2.05) is 36.5 Å². The number of nitrogens with zero attached hydrogens (tertiary/aromatic N) is 3. The van der Waals surface area contributed by atoms with E-state index in [1.165, 1.54) is 21.4 Å². The maximum Gasteiger partial charge on any atom is 0.325 e. The minimum Gasteiger partial charge on any atom is -0.323 e. The number of imide groups is 1. The molecule has 3 amide bonds. The van der Waals surface area contributed by atoms with E-state index < -0.39 is 5.54 Å². The minimum atomic E-state index is -0.877. The maximum absolute atomic E-state index is 13.7. The van der Waals surface area contributed by atoms with Crippen molar-refractivity contribution in [1.82, 2.24) is 20.1 Å². The zero-order chi connectivity index (χ0) is 25.0. The topological polar surface area (TPSA) is 65.5 Å². The molecular weight excluding hydrogens is 448 g/mol. The van der Waals surface area contributed by atoms with Crippen LogP contribution >= 0.6 is 0 Å². The van der Waals surface area contributed by atoms with Crippen LogP contribution in [-0.4, -0.2) is 51.9 Å². The van der Waals surface area contributed by atoms with Crippen LogP contribution in [0.1, 0.15) is 37.3 Å². The first-order valence-electron chi connectivity index (χ1n) is 12.7. The lowest BCUT2D eigenvalue weighted by Gasteiger charge is -2.41. The second-order valence-electron chi connectivity index (χ2n) is 9.74. The van der Waals surface area contributed by atoms with E-state index in [4.69, 9.17) is 0 Å². The molecule has 6 heteroatoms. The summed E-state index contributed by atoms with van der Waals surface area (Å²) in [6.07, 6.45) is 4.88. The summed E-state index contributed by atoms with van der Waals surface area (Å²) in [6.45, 7) is 4.48. The highest BCUT2D eigenvalue weighted by Gasteiger charge is 2.55. The van der Waals surface area contributed by atoms with Gasteiger partial charge in [0.1, 0.15) is 5.54 Å². The molecule has 0 spiro atoms. The average molecular weight is 481 g/mol. The van der Waals surface area contributed by atoms with E-state index in [2.05, 4.69) is 57.4 Å². The molecule has 5 rings (SSSR count). The number of rotatable bonds is 7. The van der Waals surface area contributed by atoms with Gasteiger partial charge in [0.25, 0.3) is 5.91 Å². The second kappa shape index (κ2) is 10.5. The van der Waals surface area contributed by atoms with Gasteiger partial charge in [-0.15, -0.1) is 5.92 Å². The lowest BCUT2D eigenvalue weighted by Crippen LogP contribution is -2.56. The zero-order valence-corrected chi connectivity index (χ0v) is 20.7. The number of pyridine rings is 1. The lowest BCUT2D eigenvalue weighted by atomic mass is 9.74. The molecule has 0 bridgehead atoms. The summed E-state index contributed by atoms with van der Waals surface area (Å²) < 4.78 is 0. The van der Waals surface area contributed by atoms with Crippen LogP contribution in [0.25, 0.3) is 10.9 Å². The average Bonchev–Trinajstić information content (AvgIpc) is 3.17. The number of carbonyl (C=O) groups is 2. The Balaban J connectivity index is 1.33. The predicted molar refractivity (Wildman–Crippen MR) is 141 cm³/mol. The number of urea groups is 1. The maximum atomic E-state index is 13.7. The van der Waals surface area contributed by atoms with Gasteiger partial charge in [0.15, 0.2) is 0 Å². The molecular formula is C30H32N4O2. The van der Waals surface area contributed by atoms with Crippen LogP contribution in [0, 0.1) is 17.8 Å². The first kappa shape index (κ1) is 24.0. The summed E-state index contributed by atoms with van der Waals surface area (Å²) in [7, 11) is 0. The van der Waals surface area contributed by atoms with E-state index in [0.29, 0.717) is 6.42 Å². The van der Waals surface area contributed by atoms with Gasteiger partial charge in [0, 0.05) is 18.1 Å². The molecule has 0 unspecified atom stereocenters. The molecule has 3 heterocycles. The summed E-state index contributed by atoms with van der Waals surface area (Å²) >= 11 is 0. The van der Waals surface area contributed by atoms with Crippen LogP contribution in [0.5, 0.6) is 0 Å². The summed E-state index contributed by atoms with van der Waals surface area (Å²) in [5.74, 6) is 5.67. The number of carbonyl (C=O) groups excluding carboxylic acids is 2. The predicted octanol–water partition coefficient (Wildman–Crippen LogP) is 4.39. The number of hydrogen-bond acceptors (Lipinski definition) is 4. The van der Waals surface area contributed by atoms with Crippen LogP contribution in [-0.2, 0) is 17.8 Å². The van der Waals surface area contributed by atoms with Crippen molar-refractivity contribution < 1.29 is 9.59 Å². The van der Waals surface area contributed by atoms with Crippen molar-refractivity contribution in [1.29, 1.82) is 0 Å². The molecule has 36 heavy (non-hydrogen) atoms. The Morgan fingerprint density at radius 1 is 1.03 bits per heavy atom. The molecule has 1 aromatic heterocycles. The van der Waals surface area contributed by atoms with E-state index >= 15 is 0 Å². The Morgan fingerprint density at radius 2 is 1.83 bits per heavy atom. The van der Waals surface area contributed by atoms with Crippen LogP contribution in [0.2, 0.25) is 0 Å². The number of piperidine rings is 1. The number of benzene rings is 2. The molecule has 0 radical (unpaired) electrons. The fourth-order valence-electron chi connectivity index (χ4n) is 5.71. The Kier molecular flexibility index (Phi) is 7.02. The van der Waals surface area contributed by atoms with E-state index in [9.17, 15) is 9.59 Å². The van der Waals surface area contributed by atoms with Gasteiger partial charge in [-0.05, 0) is 74.9 Å². The van der Waals surface area contributed by atoms with E-state index in [-0.39, 0.29) is 24.4 Å². The second-order valence-corrected chi connectivity index (χ2v) is 9.74. The molecule has 2 aromatic carbocycles. The zero-order valence-electron chi connectivity index (χ0n) is 20.7. The molecule has 0 saturated carbocycles. The molecule has 3 aromatic rings. The van der Waals surface area contributed by atoms with E-state index in [0.717, 1.165) is 44.4 Å². The quantitative estimate of drug-likeness (QED) is 0.402.